The van der Waals surface area contributed by atoms with Crippen LogP contribution in [0.25, 0.3) is 0 Å². The topological polar surface area (TPSA) is 57.0 Å². The molecule has 0 radical (unpaired) electrons. The molecule has 2 aromatic rings. The summed E-state index contributed by atoms with van der Waals surface area (Å²) < 4.78 is 24.3. The minimum Gasteiger partial charge on any atom is -1.00 e. The van der Waals surface area contributed by atoms with E-state index < -0.39 is 0 Å². The van der Waals surface area contributed by atoms with Gasteiger partial charge in [0.05, 0.1) is 24.3 Å². The van der Waals surface area contributed by atoms with E-state index in [0.717, 1.165) is 24.1 Å². The number of Topliss-reactive ketones (excluding diaryl/α,β-unsaturated/α-hetero) is 1. The molecule has 0 fully saturated rings. The highest BCUT2D eigenvalue weighted by molar-refractivity contribution is 9.10. The van der Waals surface area contributed by atoms with E-state index in [1.54, 1.807) is 26.4 Å². The minimum absolute atomic E-state index is 0. The Kier molecular flexibility index (Phi) is 6.18. The van der Waals surface area contributed by atoms with Crippen molar-refractivity contribution in [3.8, 4) is 23.0 Å². The van der Waals surface area contributed by atoms with Gasteiger partial charge in [-0.3, -0.25) is 4.79 Å². The Bertz CT molecular complexity index is 989. The predicted octanol–water partition coefficient (Wildman–Crippen LogP) is 0.0694. The van der Waals surface area contributed by atoms with Crippen LogP contribution in [0, 0.1) is 0 Å². The number of halogens is 2. The molecule has 2 aliphatic heterocycles. The Labute approximate surface area is 188 Å². The number of ketones is 1. The third kappa shape index (κ3) is 3.36. The molecule has 0 saturated heterocycles. The van der Waals surface area contributed by atoms with E-state index in [2.05, 4.69) is 15.9 Å². The Morgan fingerprint density at radius 2 is 1.86 bits per heavy atom. The standard InChI is InChI=1S/C20H19BrNO5.HI/c1-22-7-6-11-8-15(24-2)16(25-3)9-13(11)18(22)19(23)12-4-5-14-20(17(12)21)27-10-26-14;/h4-5,8-9H,6-7,10H2,1-3H3;1H/q+1;/p-1. The maximum absolute atomic E-state index is 13.5. The molecule has 0 amide bonds. The van der Waals surface area contributed by atoms with Gasteiger partial charge < -0.3 is 42.9 Å². The summed E-state index contributed by atoms with van der Waals surface area (Å²) in [4.78, 5) is 13.5. The van der Waals surface area contributed by atoms with Gasteiger partial charge in [0.15, 0.2) is 23.0 Å². The summed E-state index contributed by atoms with van der Waals surface area (Å²) in [5, 5.41) is 0. The molecule has 0 unspecified atom stereocenters. The Morgan fingerprint density at radius 3 is 2.57 bits per heavy atom. The first-order valence-electron chi connectivity index (χ1n) is 8.51. The van der Waals surface area contributed by atoms with Gasteiger partial charge in [-0.2, -0.15) is 0 Å². The number of ether oxygens (including phenoxy) is 4. The average Bonchev–Trinajstić information content (AvgIpc) is 3.16. The van der Waals surface area contributed by atoms with Crippen LogP contribution in [0.1, 0.15) is 21.5 Å². The molecule has 0 atom stereocenters. The molecule has 0 saturated carbocycles. The van der Waals surface area contributed by atoms with Gasteiger partial charge in [0.2, 0.25) is 6.79 Å². The molecule has 0 aliphatic carbocycles. The van der Waals surface area contributed by atoms with Crippen LogP contribution in [0.5, 0.6) is 23.0 Å². The Morgan fingerprint density at radius 1 is 1.14 bits per heavy atom. The monoisotopic (exact) mass is 559 g/mol. The molecule has 8 heteroatoms. The molecule has 6 nitrogen and oxygen atoms in total. The summed E-state index contributed by atoms with van der Waals surface area (Å²) in [6.07, 6.45) is 0.825. The third-order valence-corrected chi connectivity index (χ3v) is 5.69. The van der Waals surface area contributed by atoms with Crippen molar-refractivity contribution in [1.29, 1.82) is 0 Å². The average molecular weight is 560 g/mol. The van der Waals surface area contributed by atoms with Gasteiger partial charge in [0.25, 0.3) is 11.5 Å². The normalized spacial score (nSPS) is 14.3. The van der Waals surface area contributed by atoms with E-state index in [1.165, 1.54) is 0 Å². The van der Waals surface area contributed by atoms with Crippen LogP contribution in [0.15, 0.2) is 28.7 Å². The van der Waals surface area contributed by atoms with Crippen molar-refractivity contribution in [3.05, 3.63) is 45.4 Å². The zero-order chi connectivity index (χ0) is 19.1. The largest absolute Gasteiger partial charge is 1.00 e. The molecule has 28 heavy (non-hydrogen) atoms. The highest BCUT2D eigenvalue weighted by Gasteiger charge is 2.34. The summed E-state index contributed by atoms with van der Waals surface area (Å²) in [7, 11) is 5.12. The molecule has 2 heterocycles. The van der Waals surface area contributed by atoms with Crippen molar-refractivity contribution in [3.63, 3.8) is 0 Å². The van der Waals surface area contributed by atoms with E-state index in [1.807, 2.05) is 23.8 Å². The first-order chi connectivity index (χ1) is 13.0. The maximum Gasteiger partial charge on any atom is 0.258 e. The first-order valence-corrected chi connectivity index (χ1v) is 9.30. The second kappa shape index (κ2) is 8.28. The zero-order valence-corrected chi connectivity index (χ0v) is 19.4. The van der Waals surface area contributed by atoms with Gasteiger partial charge in [0.1, 0.15) is 13.6 Å². The molecule has 0 aromatic heterocycles. The molecule has 0 spiro atoms. The number of carbonyl (C=O) groups excluding carboxylic acids is 1. The summed E-state index contributed by atoms with van der Waals surface area (Å²) >= 11 is 3.51. The number of rotatable bonds is 4. The van der Waals surface area contributed by atoms with Crippen LogP contribution in [0.3, 0.4) is 0 Å². The van der Waals surface area contributed by atoms with Gasteiger partial charge in [-0.25, -0.2) is 4.58 Å². The summed E-state index contributed by atoms with van der Waals surface area (Å²) in [5.41, 5.74) is 3.07. The van der Waals surface area contributed by atoms with E-state index >= 15 is 0 Å². The van der Waals surface area contributed by atoms with Crippen LogP contribution in [-0.4, -0.2) is 50.7 Å². The van der Waals surface area contributed by atoms with Gasteiger partial charge in [-0.1, -0.05) is 0 Å². The first kappa shape index (κ1) is 20.9. The van der Waals surface area contributed by atoms with Crippen molar-refractivity contribution < 1.29 is 52.3 Å². The SMILES string of the molecule is COc1cc2c(cc1OC)C(C(=O)c1ccc3c(c1Br)OCO3)=[N+](C)CC2.[I-]. The molecule has 4 rings (SSSR count). The van der Waals surface area contributed by atoms with E-state index in [0.29, 0.717) is 38.7 Å². The predicted molar refractivity (Wildman–Crippen MR) is 103 cm³/mol. The number of carbonyl (C=O) groups is 1. The maximum atomic E-state index is 13.5. The van der Waals surface area contributed by atoms with Crippen molar-refractivity contribution in [2.75, 3.05) is 34.6 Å². The lowest BCUT2D eigenvalue weighted by Crippen LogP contribution is -3.00. The fourth-order valence-electron chi connectivity index (χ4n) is 3.49. The van der Waals surface area contributed by atoms with Crippen LogP contribution < -0.4 is 42.9 Å². The smallest absolute Gasteiger partial charge is 0.258 e. The van der Waals surface area contributed by atoms with Crippen molar-refractivity contribution in [2.45, 2.75) is 6.42 Å². The molecular weight excluding hydrogens is 541 g/mol. The summed E-state index contributed by atoms with van der Waals surface area (Å²) in [6.45, 7) is 0.896. The fourth-order valence-corrected chi connectivity index (χ4v) is 4.11. The van der Waals surface area contributed by atoms with Crippen molar-refractivity contribution >= 4 is 27.4 Å². The molecule has 0 N–H and O–H groups in total. The number of benzene rings is 2. The zero-order valence-electron chi connectivity index (χ0n) is 15.7. The molecular formula is C20H19BrINO5. The molecule has 2 aromatic carbocycles. The minimum atomic E-state index is -0.0872. The molecule has 148 valence electrons. The number of hydrogen-bond donors (Lipinski definition) is 0. The molecule has 2 aliphatic rings. The lowest BCUT2D eigenvalue weighted by Gasteiger charge is -2.19. The third-order valence-electron chi connectivity index (χ3n) is 4.90. The van der Waals surface area contributed by atoms with Gasteiger partial charge in [-0.05, 0) is 45.8 Å². The highest BCUT2D eigenvalue weighted by atomic mass is 127. The van der Waals surface area contributed by atoms with Gasteiger partial charge >= 0.3 is 0 Å². The van der Waals surface area contributed by atoms with Crippen molar-refractivity contribution in [1.82, 2.24) is 0 Å². The van der Waals surface area contributed by atoms with Crippen molar-refractivity contribution in [2.24, 2.45) is 0 Å². The second-order valence-electron chi connectivity index (χ2n) is 6.37. The fraction of sp³-hybridized carbons (Fsp3) is 0.300. The Balaban J connectivity index is 0.00000225. The van der Waals surface area contributed by atoms with E-state index in [-0.39, 0.29) is 36.6 Å². The quantitative estimate of drug-likeness (QED) is 0.301. The highest BCUT2D eigenvalue weighted by Crippen LogP contribution is 2.41. The second-order valence-corrected chi connectivity index (χ2v) is 7.17. The number of fused-ring (bicyclic) bond motifs is 2. The lowest BCUT2D eigenvalue weighted by atomic mass is 9.91. The number of nitrogens with zero attached hydrogens (tertiary/aromatic N) is 1. The molecule has 0 bridgehead atoms. The van der Waals surface area contributed by atoms with Crippen LogP contribution in [0.2, 0.25) is 0 Å². The van der Waals surface area contributed by atoms with Crippen LogP contribution >= 0.6 is 15.9 Å². The van der Waals surface area contributed by atoms with Crippen LogP contribution in [0.4, 0.5) is 0 Å². The van der Waals surface area contributed by atoms with Crippen LogP contribution in [-0.2, 0) is 6.42 Å². The summed E-state index contributed by atoms with van der Waals surface area (Å²) in [5.74, 6) is 2.37. The van der Waals surface area contributed by atoms with E-state index in [9.17, 15) is 4.79 Å². The number of methoxy groups -OCH3 is 2. The Hall–Kier alpha value is -1.81. The van der Waals surface area contributed by atoms with Gasteiger partial charge in [-0.15, -0.1) is 0 Å². The van der Waals surface area contributed by atoms with Gasteiger partial charge in [0, 0.05) is 12.0 Å². The number of hydrogen-bond acceptors (Lipinski definition) is 5. The van der Waals surface area contributed by atoms with E-state index in [4.69, 9.17) is 18.9 Å². The summed E-state index contributed by atoms with van der Waals surface area (Å²) in [6, 6.07) is 7.34. The number of likely N-dealkylation sites (N-methyl/N-ethyl adjacent to an activating group) is 1. The lowest BCUT2D eigenvalue weighted by molar-refractivity contribution is -0.496.